The Kier molecular flexibility index (Phi) is 3.80. The van der Waals surface area contributed by atoms with Crippen molar-refractivity contribution in [2.24, 2.45) is 13.0 Å². The Bertz CT molecular complexity index is 914. The standard InChI is InChI=1S/C18H21N5O2/c1-10-9-11(2)25-15(10)18(24)19-16-13-14(12-7-5-4-6-8-12)22-23(3)17(13)21-20-16/h4-8,10-11,15H,9H2,1-3H3,(H2,19,20,21,24). The summed E-state index contributed by atoms with van der Waals surface area (Å²) in [4.78, 5) is 12.7. The lowest BCUT2D eigenvalue weighted by atomic mass is 10.0. The smallest absolute Gasteiger partial charge is 0.254 e. The molecule has 0 spiro atoms. The first-order chi connectivity index (χ1) is 12.0. The van der Waals surface area contributed by atoms with Gasteiger partial charge >= 0.3 is 0 Å². The molecule has 7 heteroatoms. The van der Waals surface area contributed by atoms with Gasteiger partial charge in [0.2, 0.25) is 0 Å². The average molecular weight is 339 g/mol. The predicted molar refractivity (Wildman–Crippen MR) is 95.0 cm³/mol. The van der Waals surface area contributed by atoms with Gasteiger partial charge in [0.05, 0.1) is 11.5 Å². The van der Waals surface area contributed by atoms with Gasteiger partial charge in [-0.2, -0.15) is 10.2 Å². The number of ether oxygens (including phenoxy) is 1. The van der Waals surface area contributed by atoms with Crippen molar-refractivity contribution in [2.75, 3.05) is 5.32 Å². The van der Waals surface area contributed by atoms with E-state index >= 15 is 0 Å². The molecule has 130 valence electrons. The van der Waals surface area contributed by atoms with Crippen molar-refractivity contribution in [3.63, 3.8) is 0 Å². The number of rotatable bonds is 3. The second kappa shape index (κ2) is 6.00. The number of fused-ring (bicyclic) bond motifs is 1. The van der Waals surface area contributed by atoms with Crippen LogP contribution in [0.4, 0.5) is 5.82 Å². The number of carbonyl (C=O) groups is 1. The summed E-state index contributed by atoms with van der Waals surface area (Å²) in [7, 11) is 1.84. The number of H-pyrrole nitrogens is 1. The van der Waals surface area contributed by atoms with Gasteiger partial charge in [-0.05, 0) is 19.3 Å². The molecule has 2 N–H and O–H groups in total. The van der Waals surface area contributed by atoms with Crippen LogP contribution in [0, 0.1) is 5.92 Å². The number of aromatic nitrogens is 4. The van der Waals surface area contributed by atoms with E-state index < -0.39 is 6.10 Å². The van der Waals surface area contributed by atoms with Crippen LogP contribution in [0.25, 0.3) is 22.3 Å². The fourth-order valence-electron chi connectivity index (χ4n) is 3.53. The molecule has 1 aliphatic heterocycles. The number of benzene rings is 1. The monoisotopic (exact) mass is 339 g/mol. The lowest BCUT2D eigenvalue weighted by molar-refractivity contribution is -0.127. The number of hydrogen-bond acceptors (Lipinski definition) is 4. The van der Waals surface area contributed by atoms with E-state index in [1.807, 2.05) is 51.2 Å². The van der Waals surface area contributed by atoms with Gasteiger partial charge in [0.15, 0.2) is 5.65 Å². The van der Waals surface area contributed by atoms with Crippen LogP contribution in [0.3, 0.4) is 0 Å². The van der Waals surface area contributed by atoms with Gasteiger partial charge in [-0.25, -0.2) is 4.68 Å². The zero-order chi connectivity index (χ0) is 17.6. The van der Waals surface area contributed by atoms with E-state index in [0.29, 0.717) is 11.5 Å². The van der Waals surface area contributed by atoms with Crippen molar-refractivity contribution in [3.8, 4) is 11.3 Å². The quantitative estimate of drug-likeness (QED) is 0.768. The molecule has 3 unspecified atom stereocenters. The molecule has 0 radical (unpaired) electrons. The van der Waals surface area contributed by atoms with Crippen LogP contribution in [-0.4, -0.2) is 38.1 Å². The summed E-state index contributed by atoms with van der Waals surface area (Å²) in [5, 5.41) is 15.5. The number of nitrogens with one attached hydrogen (secondary N) is 2. The molecule has 1 aliphatic rings. The van der Waals surface area contributed by atoms with E-state index in [0.717, 1.165) is 23.1 Å². The van der Waals surface area contributed by atoms with Crippen molar-refractivity contribution < 1.29 is 9.53 Å². The number of anilines is 1. The Morgan fingerprint density at radius 2 is 2.08 bits per heavy atom. The summed E-state index contributed by atoms with van der Waals surface area (Å²) in [5.74, 6) is 0.600. The molecule has 3 atom stereocenters. The minimum absolute atomic E-state index is 0.103. The minimum Gasteiger partial charge on any atom is -0.365 e. The van der Waals surface area contributed by atoms with E-state index in [-0.39, 0.29) is 17.9 Å². The Morgan fingerprint density at radius 3 is 2.76 bits per heavy atom. The Labute approximate surface area is 145 Å². The van der Waals surface area contributed by atoms with Crippen molar-refractivity contribution in [2.45, 2.75) is 32.5 Å². The topological polar surface area (TPSA) is 84.8 Å². The maximum Gasteiger partial charge on any atom is 0.254 e. The van der Waals surface area contributed by atoms with Crippen molar-refractivity contribution in [1.82, 2.24) is 20.0 Å². The number of hydrogen-bond donors (Lipinski definition) is 2. The summed E-state index contributed by atoms with van der Waals surface area (Å²) in [6.07, 6.45) is 0.550. The molecule has 3 heterocycles. The number of aryl methyl sites for hydroxylation is 1. The SMILES string of the molecule is CC1CC(C)C(C(=O)Nc2[nH]nc3c2c(-c2ccccc2)nn3C)O1. The van der Waals surface area contributed by atoms with Gasteiger partial charge in [0.1, 0.15) is 17.6 Å². The van der Waals surface area contributed by atoms with Crippen LogP contribution in [0.2, 0.25) is 0 Å². The van der Waals surface area contributed by atoms with Gasteiger partial charge < -0.3 is 10.1 Å². The largest absolute Gasteiger partial charge is 0.365 e. The highest BCUT2D eigenvalue weighted by molar-refractivity contribution is 6.06. The van der Waals surface area contributed by atoms with Crippen molar-refractivity contribution in [3.05, 3.63) is 30.3 Å². The van der Waals surface area contributed by atoms with Gasteiger partial charge in [0, 0.05) is 12.6 Å². The third kappa shape index (κ3) is 2.70. The number of carbonyl (C=O) groups excluding carboxylic acids is 1. The van der Waals surface area contributed by atoms with Crippen LogP contribution in [0.15, 0.2) is 30.3 Å². The zero-order valence-corrected chi connectivity index (χ0v) is 14.5. The Morgan fingerprint density at radius 1 is 1.32 bits per heavy atom. The maximum absolute atomic E-state index is 12.7. The molecule has 3 aromatic rings. The first kappa shape index (κ1) is 15.8. The average Bonchev–Trinajstić information content (AvgIpc) is 3.25. The van der Waals surface area contributed by atoms with Gasteiger partial charge in [0.25, 0.3) is 5.91 Å². The fraction of sp³-hybridized carbons (Fsp3) is 0.389. The Balaban J connectivity index is 1.70. The van der Waals surface area contributed by atoms with E-state index in [2.05, 4.69) is 20.6 Å². The highest BCUT2D eigenvalue weighted by Gasteiger charge is 2.35. The molecule has 4 rings (SSSR count). The van der Waals surface area contributed by atoms with Crippen LogP contribution in [0.1, 0.15) is 20.3 Å². The van der Waals surface area contributed by atoms with Crippen LogP contribution in [0.5, 0.6) is 0 Å². The molecule has 0 saturated carbocycles. The van der Waals surface area contributed by atoms with E-state index in [1.165, 1.54) is 0 Å². The first-order valence-corrected chi connectivity index (χ1v) is 8.47. The van der Waals surface area contributed by atoms with E-state index in [1.54, 1.807) is 4.68 Å². The van der Waals surface area contributed by atoms with Crippen LogP contribution in [-0.2, 0) is 16.6 Å². The van der Waals surface area contributed by atoms with Gasteiger partial charge in [-0.3, -0.25) is 9.89 Å². The van der Waals surface area contributed by atoms with Crippen molar-refractivity contribution >= 4 is 22.8 Å². The zero-order valence-electron chi connectivity index (χ0n) is 14.5. The highest BCUT2D eigenvalue weighted by Crippen LogP contribution is 2.32. The second-order valence-corrected chi connectivity index (χ2v) is 6.70. The highest BCUT2D eigenvalue weighted by atomic mass is 16.5. The number of nitrogens with zero attached hydrogens (tertiary/aromatic N) is 3. The summed E-state index contributed by atoms with van der Waals surface area (Å²) < 4.78 is 7.46. The summed E-state index contributed by atoms with van der Waals surface area (Å²) in [5.41, 5.74) is 2.46. The molecule has 1 aromatic carbocycles. The first-order valence-electron chi connectivity index (χ1n) is 8.47. The molecule has 0 aliphatic carbocycles. The van der Waals surface area contributed by atoms with Gasteiger partial charge in [-0.15, -0.1) is 0 Å². The molecular formula is C18H21N5O2. The van der Waals surface area contributed by atoms with Crippen LogP contribution < -0.4 is 5.32 Å². The minimum atomic E-state index is -0.440. The maximum atomic E-state index is 12.7. The number of aromatic amines is 1. The molecule has 7 nitrogen and oxygen atoms in total. The van der Waals surface area contributed by atoms with Gasteiger partial charge in [-0.1, -0.05) is 37.3 Å². The second-order valence-electron chi connectivity index (χ2n) is 6.70. The van der Waals surface area contributed by atoms with Crippen LogP contribution >= 0.6 is 0 Å². The molecule has 25 heavy (non-hydrogen) atoms. The third-order valence-corrected chi connectivity index (χ3v) is 4.69. The summed E-state index contributed by atoms with van der Waals surface area (Å²) in [6.45, 7) is 4.03. The van der Waals surface area contributed by atoms with E-state index in [9.17, 15) is 4.79 Å². The lowest BCUT2D eigenvalue weighted by Gasteiger charge is -2.14. The Hall–Kier alpha value is -2.67. The molecule has 1 saturated heterocycles. The summed E-state index contributed by atoms with van der Waals surface area (Å²) in [6, 6.07) is 9.86. The molecule has 1 fully saturated rings. The number of amides is 1. The lowest BCUT2D eigenvalue weighted by Crippen LogP contribution is -2.31. The van der Waals surface area contributed by atoms with Crippen molar-refractivity contribution in [1.29, 1.82) is 0 Å². The normalized spacial score (nSPS) is 23.2. The van der Waals surface area contributed by atoms with E-state index in [4.69, 9.17) is 4.74 Å². The molecule has 0 bridgehead atoms. The summed E-state index contributed by atoms with van der Waals surface area (Å²) >= 11 is 0. The predicted octanol–water partition coefficient (Wildman–Crippen LogP) is 2.72. The molecular weight excluding hydrogens is 318 g/mol. The molecule has 1 amide bonds. The fourth-order valence-corrected chi connectivity index (χ4v) is 3.53. The third-order valence-electron chi connectivity index (χ3n) is 4.69. The molecule has 2 aromatic heterocycles.